The predicted molar refractivity (Wildman–Crippen MR) is 46.9 cm³/mol. The number of H-pyrrole nitrogens is 1. The molecule has 5 N–H and O–H groups in total. The quantitative estimate of drug-likeness (QED) is 0.518. The smallest absolute Gasteiger partial charge is 0.239 e. The lowest BCUT2D eigenvalue weighted by molar-refractivity contribution is 0.178. The Bertz CT molecular complexity index is 312. The molecule has 6 nitrogen and oxygen atoms in total. The molecule has 0 aliphatic carbocycles. The number of nitrogens with zero attached hydrogens (tertiary/aromatic N) is 2. The van der Waals surface area contributed by atoms with Gasteiger partial charge < -0.3 is 16.2 Å². The SMILES string of the molecule is CC1(c2nc(N)n[nH]2)COCC1N. The van der Waals surface area contributed by atoms with Crippen LogP contribution >= 0.6 is 0 Å². The van der Waals surface area contributed by atoms with E-state index >= 15 is 0 Å². The fraction of sp³-hybridized carbons (Fsp3) is 0.714. The molecule has 1 saturated heterocycles. The number of aromatic amines is 1. The molecule has 2 heterocycles. The van der Waals surface area contributed by atoms with Gasteiger partial charge in [-0.25, -0.2) is 0 Å². The van der Waals surface area contributed by atoms with E-state index in [0.29, 0.717) is 19.0 Å². The van der Waals surface area contributed by atoms with Gasteiger partial charge in [0.25, 0.3) is 0 Å². The molecule has 13 heavy (non-hydrogen) atoms. The minimum absolute atomic E-state index is 0.0557. The number of nitrogens with two attached hydrogens (primary N) is 2. The van der Waals surface area contributed by atoms with Crippen molar-refractivity contribution in [2.45, 2.75) is 18.4 Å². The highest BCUT2D eigenvalue weighted by atomic mass is 16.5. The first-order valence-corrected chi connectivity index (χ1v) is 4.14. The molecule has 2 atom stereocenters. The van der Waals surface area contributed by atoms with Crippen molar-refractivity contribution in [2.24, 2.45) is 5.73 Å². The van der Waals surface area contributed by atoms with Crippen LogP contribution in [0.4, 0.5) is 5.95 Å². The Morgan fingerprint density at radius 2 is 2.46 bits per heavy atom. The molecule has 1 aromatic rings. The van der Waals surface area contributed by atoms with Crippen molar-refractivity contribution >= 4 is 5.95 Å². The van der Waals surface area contributed by atoms with Crippen LogP contribution in [0, 0.1) is 0 Å². The monoisotopic (exact) mass is 183 g/mol. The highest BCUT2D eigenvalue weighted by molar-refractivity contribution is 5.20. The standard InChI is InChI=1S/C7H13N5O/c1-7(3-13-2-4(7)8)5-10-6(9)12-11-5/h4H,2-3,8H2,1H3,(H3,9,10,11,12). The summed E-state index contributed by atoms with van der Waals surface area (Å²) in [7, 11) is 0. The zero-order valence-electron chi connectivity index (χ0n) is 7.45. The summed E-state index contributed by atoms with van der Waals surface area (Å²) in [5, 5.41) is 6.54. The van der Waals surface area contributed by atoms with Crippen LogP contribution < -0.4 is 11.5 Å². The van der Waals surface area contributed by atoms with Gasteiger partial charge in [-0.2, -0.15) is 4.98 Å². The topological polar surface area (TPSA) is 103 Å². The van der Waals surface area contributed by atoms with Crippen molar-refractivity contribution < 1.29 is 4.74 Å². The molecule has 0 aromatic carbocycles. The number of rotatable bonds is 1. The van der Waals surface area contributed by atoms with Crippen LogP contribution in [0.3, 0.4) is 0 Å². The number of anilines is 1. The third-order valence-electron chi connectivity index (χ3n) is 2.56. The summed E-state index contributed by atoms with van der Waals surface area (Å²) >= 11 is 0. The van der Waals surface area contributed by atoms with E-state index < -0.39 is 0 Å². The fourth-order valence-corrected chi connectivity index (χ4v) is 1.46. The van der Waals surface area contributed by atoms with E-state index in [1.807, 2.05) is 6.92 Å². The number of hydrogen-bond donors (Lipinski definition) is 3. The summed E-state index contributed by atoms with van der Waals surface area (Å²) in [5.41, 5.74) is 11.0. The Hall–Kier alpha value is -1.14. The van der Waals surface area contributed by atoms with E-state index in [1.165, 1.54) is 0 Å². The molecule has 0 bridgehead atoms. The second-order valence-electron chi connectivity index (χ2n) is 3.58. The van der Waals surface area contributed by atoms with Crippen LogP contribution in [0.2, 0.25) is 0 Å². The number of nitrogens with one attached hydrogen (secondary N) is 1. The number of nitrogen functional groups attached to an aromatic ring is 1. The van der Waals surface area contributed by atoms with Crippen molar-refractivity contribution in [1.29, 1.82) is 0 Å². The molecule has 1 aliphatic heterocycles. The van der Waals surface area contributed by atoms with E-state index in [-0.39, 0.29) is 17.4 Å². The Morgan fingerprint density at radius 3 is 2.92 bits per heavy atom. The van der Waals surface area contributed by atoms with Gasteiger partial charge in [0, 0.05) is 6.04 Å². The average molecular weight is 183 g/mol. The Morgan fingerprint density at radius 1 is 1.69 bits per heavy atom. The van der Waals surface area contributed by atoms with E-state index in [1.54, 1.807) is 0 Å². The summed E-state index contributed by atoms with van der Waals surface area (Å²) in [5.74, 6) is 0.949. The lowest BCUT2D eigenvalue weighted by Crippen LogP contribution is -2.42. The van der Waals surface area contributed by atoms with Gasteiger partial charge in [0.15, 0.2) is 0 Å². The van der Waals surface area contributed by atoms with E-state index in [0.717, 1.165) is 0 Å². The highest BCUT2D eigenvalue weighted by Gasteiger charge is 2.42. The summed E-state index contributed by atoms with van der Waals surface area (Å²) in [4.78, 5) is 4.07. The summed E-state index contributed by atoms with van der Waals surface area (Å²) in [6, 6.07) is -0.0557. The van der Waals surface area contributed by atoms with Crippen LogP contribution in [-0.2, 0) is 10.2 Å². The second-order valence-corrected chi connectivity index (χ2v) is 3.58. The van der Waals surface area contributed by atoms with Crippen molar-refractivity contribution in [1.82, 2.24) is 15.2 Å². The number of ether oxygens (including phenoxy) is 1. The van der Waals surface area contributed by atoms with Gasteiger partial charge in [-0.3, -0.25) is 5.10 Å². The van der Waals surface area contributed by atoms with E-state index in [9.17, 15) is 0 Å². The van der Waals surface area contributed by atoms with Crippen molar-refractivity contribution in [3.8, 4) is 0 Å². The summed E-state index contributed by atoms with van der Waals surface area (Å²) < 4.78 is 5.28. The van der Waals surface area contributed by atoms with Crippen molar-refractivity contribution in [3.63, 3.8) is 0 Å². The second kappa shape index (κ2) is 2.68. The van der Waals surface area contributed by atoms with Gasteiger partial charge in [0.05, 0.1) is 18.6 Å². The normalized spacial score (nSPS) is 33.8. The minimum Gasteiger partial charge on any atom is -0.379 e. The number of hydrogen-bond acceptors (Lipinski definition) is 5. The molecule has 1 aromatic heterocycles. The first kappa shape index (κ1) is 8.46. The van der Waals surface area contributed by atoms with Crippen LogP contribution in [0.25, 0.3) is 0 Å². The van der Waals surface area contributed by atoms with Crippen molar-refractivity contribution in [3.05, 3.63) is 5.82 Å². The molecule has 72 valence electrons. The van der Waals surface area contributed by atoms with Gasteiger partial charge in [-0.15, -0.1) is 5.10 Å². The summed E-state index contributed by atoms with van der Waals surface area (Å²) in [6.45, 7) is 3.10. The summed E-state index contributed by atoms with van der Waals surface area (Å²) in [6.07, 6.45) is 0. The van der Waals surface area contributed by atoms with Gasteiger partial charge >= 0.3 is 0 Å². The van der Waals surface area contributed by atoms with Crippen LogP contribution in [0.1, 0.15) is 12.7 Å². The largest absolute Gasteiger partial charge is 0.379 e. The Balaban J connectivity index is 2.33. The highest BCUT2D eigenvalue weighted by Crippen LogP contribution is 2.29. The maximum atomic E-state index is 5.90. The van der Waals surface area contributed by atoms with Crippen molar-refractivity contribution in [2.75, 3.05) is 18.9 Å². The van der Waals surface area contributed by atoms with Gasteiger partial charge in [0.1, 0.15) is 5.82 Å². The van der Waals surface area contributed by atoms with E-state index in [4.69, 9.17) is 16.2 Å². The minimum atomic E-state index is -0.287. The molecule has 0 saturated carbocycles. The predicted octanol–water partition coefficient (Wildman–Crippen LogP) is -0.998. The van der Waals surface area contributed by atoms with Gasteiger partial charge in [-0.1, -0.05) is 0 Å². The van der Waals surface area contributed by atoms with Gasteiger partial charge in [-0.05, 0) is 6.92 Å². The first-order chi connectivity index (χ1) is 6.13. The Labute approximate surface area is 75.7 Å². The van der Waals surface area contributed by atoms with Crippen LogP contribution in [0.15, 0.2) is 0 Å². The molecule has 2 rings (SSSR count). The van der Waals surface area contributed by atoms with Gasteiger partial charge in [0.2, 0.25) is 5.95 Å². The molecule has 1 aliphatic rings. The zero-order valence-corrected chi connectivity index (χ0v) is 7.45. The molecule has 0 spiro atoms. The third-order valence-corrected chi connectivity index (χ3v) is 2.56. The molecule has 1 fully saturated rings. The maximum absolute atomic E-state index is 5.90. The molecule has 0 radical (unpaired) electrons. The molecular formula is C7H13N5O. The van der Waals surface area contributed by atoms with Crippen LogP contribution in [0.5, 0.6) is 0 Å². The average Bonchev–Trinajstić information content (AvgIpc) is 2.62. The molecule has 0 amide bonds. The first-order valence-electron chi connectivity index (χ1n) is 4.14. The Kier molecular flexibility index (Phi) is 1.74. The zero-order chi connectivity index (χ0) is 9.47. The molecule has 2 unspecified atom stereocenters. The number of aromatic nitrogens is 3. The van der Waals surface area contributed by atoms with Crippen LogP contribution in [-0.4, -0.2) is 34.4 Å². The lowest BCUT2D eigenvalue weighted by atomic mass is 9.85. The fourth-order valence-electron chi connectivity index (χ4n) is 1.46. The molecule has 6 heteroatoms. The third kappa shape index (κ3) is 1.18. The molecular weight excluding hydrogens is 170 g/mol. The lowest BCUT2D eigenvalue weighted by Gasteiger charge is -2.23. The van der Waals surface area contributed by atoms with E-state index in [2.05, 4.69) is 15.2 Å². The maximum Gasteiger partial charge on any atom is 0.239 e.